The first-order valence-corrected chi connectivity index (χ1v) is 2.23. The molecule has 0 aliphatic rings. The SMILES string of the molecule is Cl.Oc1cccc(F)c1. The molecule has 50 valence electrons. The summed E-state index contributed by atoms with van der Waals surface area (Å²) in [4.78, 5) is 0. The van der Waals surface area contributed by atoms with E-state index in [2.05, 4.69) is 0 Å². The number of aromatic hydroxyl groups is 1. The van der Waals surface area contributed by atoms with Crippen LogP contribution in [0, 0.1) is 5.82 Å². The Morgan fingerprint density at radius 1 is 1.33 bits per heavy atom. The number of phenolic OH excluding ortho intramolecular Hbond substituents is 1. The van der Waals surface area contributed by atoms with Gasteiger partial charge in [-0.2, -0.15) is 0 Å². The van der Waals surface area contributed by atoms with Crippen LogP contribution in [-0.4, -0.2) is 5.11 Å². The third-order valence-electron chi connectivity index (χ3n) is 0.808. The quantitative estimate of drug-likeness (QED) is 0.596. The number of rotatable bonds is 0. The van der Waals surface area contributed by atoms with E-state index in [9.17, 15) is 4.39 Å². The van der Waals surface area contributed by atoms with Gasteiger partial charge in [0.15, 0.2) is 0 Å². The normalized spacial score (nSPS) is 8.11. The molecular weight excluding hydrogens is 143 g/mol. The van der Waals surface area contributed by atoms with Crippen LogP contribution in [0.5, 0.6) is 5.75 Å². The van der Waals surface area contributed by atoms with Crippen molar-refractivity contribution in [2.24, 2.45) is 0 Å². The first kappa shape index (κ1) is 8.24. The third kappa shape index (κ3) is 2.33. The molecule has 0 heterocycles. The highest BCUT2D eigenvalue weighted by Crippen LogP contribution is 2.07. The Bertz CT molecular complexity index is 173. The smallest absolute Gasteiger partial charge is 0.126 e. The summed E-state index contributed by atoms with van der Waals surface area (Å²) < 4.78 is 12.0. The topological polar surface area (TPSA) is 20.2 Å². The zero-order chi connectivity index (χ0) is 5.98. The number of phenols is 1. The maximum atomic E-state index is 12.0. The predicted molar refractivity (Wildman–Crippen MR) is 35.3 cm³/mol. The van der Waals surface area contributed by atoms with Gasteiger partial charge in [-0.05, 0) is 12.1 Å². The van der Waals surface area contributed by atoms with Crippen molar-refractivity contribution in [3.05, 3.63) is 30.1 Å². The lowest BCUT2D eigenvalue weighted by Gasteiger charge is -1.86. The van der Waals surface area contributed by atoms with E-state index in [1.807, 2.05) is 0 Å². The van der Waals surface area contributed by atoms with Crippen LogP contribution in [0.3, 0.4) is 0 Å². The van der Waals surface area contributed by atoms with Crippen LogP contribution in [0.2, 0.25) is 0 Å². The fourth-order valence-corrected chi connectivity index (χ4v) is 0.476. The molecule has 0 unspecified atom stereocenters. The van der Waals surface area contributed by atoms with Gasteiger partial charge in [0.05, 0.1) is 0 Å². The molecular formula is C6H6ClFO. The molecule has 0 spiro atoms. The Labute approximate surface area is 58.5 Å². The van der Waals surface area contributed by atoms with Crippen molar-refractivity contribution in [3.8, 4) is 5.75 Å². The van der Waals surface area contributed by atoms with Gasteiger partial charge in [-0.25, -0.2) is 4.39 Å². The minimum absolute atomic E-state index is 0. The molecule has 1 rings (SSSR count). The molecule has 0 radical (unpaired) electrons. The molecule has 0 fully saturated rings. The Kier molecular flexibility index (Phi) is 3.02. The zero-order valence-electron chi connectivity index (χ0n) is 4.54. The maximum Gasteiger partial charge on any atom is 0.126 e. The highest BCUT2D eigenvalue weighted by atomic mass is 35.5. The standard InChI is InChI=1S/C6H5FO.ClH/c7-5-2-1-3-6(8)4-5;/h1-4,8H;1H. The summed E-state index contributed by atoms with van der Waals surface area (Å²) in [7, 11) is 0. The van der Waals surface area contributed by atoms with Crippen molar-refractivity contribution < 1.29 is 9.50 Å². The Hall–Kier alpha value is -0.760. The summed E-state index contributed by atoms with van der Waals surface area (Å²) in [5.74, 6) is -0.449. The summed E-state index contributed by atoms with van der Waals surface area (Å²) in [5.41, 5.74) is 0. The lowest BCUT2D eigenvalue weighted by atomic mass is 10.3. The van der Waals surface area contributed by atoms with Gasteiger partial charge in [-0.15, -0.1) is 12.4 Å². The van der Waals surface area contributed by atoms with Gasteiger partial charge < -0.3 is 5.11 Å². The van der Waals surface area contributed by atoms with Crippen molar-refractivity contribution in [1.82, 2.24) is 0 Å². The van der Waals surface area contributed by atoms with E-state index in [1.165, 1.54) is 18.2 Å². The molecule has 1 aromatic carbocycles. The molecule has 1 aromatic rings. The minimum atomic E-state index is -0.412. The van der Waals surface area contributed by atoms with Crippen molar-refractivity contribution in [2.75, 3.05) is 0 Å². The van der Waals surface area contributed by atoms with Crippen LogP contribution in [-0.2, 0) is 0 Å². The number of halogens is 2. The molecule has 0 amide bonds. The van der Waals surface area contributed by atoms with E-state index < -0.39 is 5.82 Å². The number of hydrogen-bond donors (Lipinski definition) is 1. The predicted octanol–water partition coefficient (Wildman–Crippen LogP) is 1.95. The molecule has 0 aliphatic carbocycles. The van der Waals surface area contributed by atoms with Crippen molar-refractivity contribution in [2.45, 2.75) is 0 Å². The fourth-order valence-electron chi connectivity index (χ4n) is 0.476. The highest BCUT2D eigenvalue weighted by molar-refractivity contribution is 5.85. The molecule has 0 atom stereocenters. The summed E-state index contributed by atoms with van der Waals surface area (Å²) in [6.45, 7) is 0. The summed E-state index contributed by atoms with van der Waals surface area (Å²) in [6, 6.07) is 5.20. The molecule has 1 nitrogen and oxygen atoms in total. The largest absolute Gasteiger partial charge is 0.508 e. The monoisotopic (exact) mass is 148 g/mol. The average Bonchev–Trinajstić information content (AvgIpc) is 1.64. The van der Waals surface area contributed by atoms with Crippen LogP contribution >= 0.6 is 12.4 Å². The summed E-state index contributed by atoms with van der Waals surface area (Å²) in [6.07, 6.45) is 0. The second-order valence-corrected chi connectivity index (χ2v) is 1.48. The molecule has 1 N–H and O–H groups in total. The zero-order valence-corrected chi connectivity index (χ0v) is 5.36. The maximum absolute atomic E-state index is 12.0. The van der Waals surface area contributed by atoms with Crippen LogP contribution < -0.4 is 0 Å². The second kappa shape index (κ2) is 3.30. The van der Waals surface area contributed by atoms with Crippen molar-refractivity contribution in [3.63, 3.8) is 0 Å². The fraction of sp³-hybridized carbons (Fsp3) is 0. The van der Waals surface area contributed by atoms with E-state index in [1.54, 1.807) is 0 Å². The number of benzene rings is 1. The second-order valence-electron chi connectivity index (χ2n) is 1.48. The summed E-state index contributed by atoms with van der Waals surface area (Å²) >= 11 is 0. The van der Waals surface area contributed by atoms with E-state index in [0.717, 1.165) is 6.07 Å². The molecule has 0 bridgehead atoms. The van der Waals surface area contributed by atoms with Gasteiger partial charge >= 0.3 is 0 Å². The molecule has 0 saturated carbocycles. The van der Waals surface area contributed by atoms with Gasteiger partial charge in [0.25, 0.3) is 0 Å². The molecule has 9 heavy (non-hydrogen) atoms. The van der Waals surface area contributed by atoms with Crippen LogP contribution in [0.25, 0.3) is 0 Å². The van der Waals surface area contributed by atoms with Gasteiger partial charge in [0.2, 0.25) is 0 Å². The van der Waals surface area contributed by atoms with E-state index in [0.29, 0.717) is 0 Å². The summed E-state index contributed by atoms with van der Waals surface area (Å²) in [5, 5.41) is 8.57. The molecule has 0 saturated heterocycles. The van der Waals surface area contributed by atoms with Crippen molar-refractivity contribution >= 4 is 12.4 Å². The average molecular weight is 149 g/mol. The van der Waals surface area contributed by atoms with Gasteiger partial charge in [-0.1, -0.05) is 6.07 Å². The first-order chi connectivity index (χ1) is 3.79. The lowest BCUT2D eigenvalue weighted by Crippen LogP contribution is -1.68. The van der Waals surface area contributed by atoms with Crippen LogP contribution in [0.4, 0.5) is 4.39 Å². The molecule has 3 heteroatoms. The van der Waals surface area contributed by atoms with Gasteiger partial charge in [0.1, 0.15) is 11.6 Å². The minimum Gasteiger partial charge on any atom is -0.508 e. The highest BCUT2D eigenvalue weighted by Gasteiger charge is 1.86. The third-order valence-corrected chi connectivity index (χ3v) is 0.808. The molecule has 0 aliphatic heterocycles. The van der Waals surface area contributed by atoms with Crippen molar-refractivity contribution in [1.29, 1.82) is 0 Å². The van der Waals surface area contributed by atoms with E-state index >= 15 is 0 Å². The first-order valence-electron chi connectivity index (χ1n) is 2.23. The van der Waals surface area contributed by atoms with E-state index in [4.69, 9.17) is 5.11 Å². The molecule has 0 aromatic heterocycles. The number of hydrogen-bond acceptors (Lipinski definition) is 1. The Morgan fingerprint density at radius 3 is 2.33 bits per heavy atom. The van der Waals surface area contributed by atoms with Crippen LogP contribution in [0.1, 0.15) is 0 Å². The van der Waals surface area contributed by atoms with Crippen LogP contribution in [0.15, 0.2) is 24.3 Å². The van der Waals surface area contributed by atoms with Gasteiger partial charge in [0, 0.05) is 6.07 Å². The van der Waals surface area contributed by atoms with Gasteiger partial charge in [-0.3, -0.25) is 0 Å². The Morgan fingerprint density at radius 2 is 2.00 bits per heavy atom. The Balaban J connectivity index is 0.000000640. The van der Waals surface area contributed by atoms with E-state index in [-0.39, 0.29) is 18.2 Å². The lowest BCUT2D eigenvalue weighted by molar-refractivity contribution is 0.469.